The number of hydrogen-bond acceptors (Lipinski definition) is 8. The van der Waals surface area contributed by atoms with E-state index >= 15 is 0 Å². The van der Waals surface area contributed by atoms with Gasteiger partial charge in [-0.25, -0.2) is 9.97 Å². The van der Waals surface area contributed by atoms with E-state index in [9.17, 15) is 5.26 Å². The first-order chi connectivity index (χ1) is 17.1. The van der Waals surface area contributed by atoms with Crippen molar-refractivity contribution in [1.82, 2.24) is 15.0 Å². The Morgan fingerprint density at radius 3 is 2.69 bits per heavy atom. The molecule has 8 heteroatoms. The van der Waals surface area contributed by atoms with Crippen LogP contribution in [-0.4, -0.2) is 32.8 Å². The fourth-order valence-electron chi connectivity index (χ4n) is 7.41. The van der Waals surface area contributed by atoms with Crippen LogP contribution in [-0.2, 0) is 6.54 Å². The van der Waals surface area contributed by atoms with Gasteiger partial charge in [-0.1, -0.05) is 18.9 Å². The number of nitriles is 1. The van der Waals surface area contributed by atoms with Crippen molar-refractivity contribution in [3.63, 3.8) is 0 Å². The molecule has 0 aliphatic heterocycles. The number of nitrogens with two attached hydrogens (primary N) is 1. The SMILES string of the molecule is N#Cc1cnc(NCc2cccnc2SC2CCCC2)nc1NCC12CC3C[C@H](C1)C(N)[C@@H](C3)C2. The zero-order chi connectivity index (χ0) is 23.8. The molecule has 184 valence electrons. The van der Waals surface area contributed by atoms with Crippen molar-refractivity contribution in [3.8, 4) is 6.07 Å². The molecular formula is C27H35N7S. The lowest BCUT2D eigenvalue weighted by Gasteiger charge is -2.59. The Hall–Kier alpha value is -2.37. The normalized spacial score (nSPS) is 31.4. The molecule has 0 amide bonds. The van der Waals surface area contributed by atoms with Crippen LogP contribution in [0, 0.1) is 34.5 Å². The molecule has 5 fully saturated rings. The molecule has 35 heavy (non-hydrogen) atoms. The molecule has 0 radical (unpaired) electrons. The number of thioether (sulfide) groups is 1. The summed E-state index contributed by atoms with van der Waals surface area (Å²) in [5.41, 5.74) is 8.49. The zero-order valence-corrected chi connectivity index (χ0v) is 21.1. The summed E-state index contributed by atoms with van der Waals surface area (Å²) >= 11 is 1.90. The smallest absolute Gasteiger partial charge is 0.224 e. The molecule has 2 heterocycles. The minimum absolute atomic E-state index is 0.291. The monoisotopic (exact) mass is 489 g/mol. The van der Waals surface area contributed by atoms with Crippen LogP contribution in [0.2, 0.25) is 0 Å². The summed E-state index contributed by atoms with van der Waals surface area (Å²) in [7, 11) is 0. The molecule has 4 N–H and O–H groups in total. The van der Waals surface area contributed by atoms with Gasteiger partial charge in [0.1, 0.15) is 22.5 Å². The lowest BCUT2D eigenvalue weighted by molar-refractivity contribution is -0.0591. The highest BCUT2D eigenvalue weighted by atomic mass is 32.2. The molecule has 5 aliphatic carbocycles. The largest absolute Gasteiger partial charge is 0.368 e. The van der Waals surface area contributed by atoms with Crippen LogP contribution < -0.4 is 16.4 Å². The number of anilines is 2. The number of hydrogen-bond donors (Lipinski definition) is 3. The number of aromatic nitrogens is 3. The second kappa shape index (κ2) is 9.59. The molecule has 7 rings (SSSR count). The summed E-state index contributed by atoms with van der Waals surface area (Å²) in [5, 5.41) is 18.4. The minimum atomic E-state index is 0.291. The van der Waals surface area contributed by atoms with Crippen molar-refractivity contribution in [3.05, 3.63) is 35.7 Å². The molecule has 7 nitrogen and oxygen atoms in total. The lowest BCUT2D eigenvalue weighted by atomic mass is 9.48. The van der Waals surface area contributed by atoms with Crippen molar-refractivity contribution < 1.29 is 0 Å². The van der Waals surface area contributed by atoms with Crippen molar-refractivity contribution in [2.75, 3.05) is 17.2 Å². The number of nitrogens with one attached hydrogen (secondary N) is 2. The van der Waals surface area contributed by atoms with Crippen molar-refractivity contribution in [2.24, 2.45) is 28.9 Å². The summed E-state index contributed by atoms with van der Waals surface area (Å²) in [6.45, 7) is 1.47. The second-order valence-electron chi connectivity index (χ2n) is 11.3. The number of nitrogens with zero attached hydrogens (tertiary/aromatic N) is 4. The minimum Gasteiger partial charge on any atom is -0.368 e. The van der Waals surface area contributed by atoms with Gasteiger partial charge in [0.15, 0.2) is 0 Å². The maximum atomic E-state index is 9.67. The second-order valence-corrected chi connectivity index (χ2v) is 12.6. The van der Waals surface area contributed by atoms with Gasteiger partial charge < -0.3 is 16.4 Å². The van der Waals surface area contributed by atoms with E-state index in [1.165, 1.54) is 57.8 Å². The Kier molecular flexibility index (Phi) is 6.32. The van der Waals surface area contributed by atoms with Crippen LogP contribution in [0.1, 0.15) is 68.9 Å². The highest BCUT2D eigenvalue weighted by molar-refractivity contribution is 7.99. The molecule has 2 aromatic rings. The van der Waals surface area contributed by atoms with E-state index in [0.717, 1.165) is 23.1 Å². The first-order valence-electron chi connectivity index (χ1n) is 13.2. The quantitative estimate of drug-likeness (QED) is 0.477. The summed E-state index contributed by atoms with van der Waals surface area (Å²) in [5.74, 6) is 3.33. The molecule has 5 aliphatic rings. The third-order valence-corrected chi connectivity index (χ3v) is 10.3. The molecule has 5 atom stereocenters. The average Bonchev–Trinajstić information content (AvgIpc) is 3.38. The topological polar surface area (TPSA) is 113 Å². The molecule has 2 aromatic heterocycles. The molecule has 0 spiro atoms. The summed E-state index contributed by atoms with van der Waals surface area (Å²) in [6, 6.07) is 6.75. The van der Waals surface area contributed by atoms with E-state index in [1.54, 1.807) is 6.20 Å². The molecule has 5 saturated carbocycles. The van der Waals surface area contributed by atoms with Crippen molar-refractivity contribution in [2.45, 2.75) is 80.6 Å². The van der Waals surface area contributed by atoms with E-state index in [0.29, 0.717) is 52.4 Å². The fourth-order valence-corrected chi connectivity index (χ4v) is 8.70. The third-order valence-electron chi connectivity index (χ3n) is 8.88. The summed E-state index contributed by atoms with van der Waals surface area (Å²) in [4.78, 5) is 13.8. The van der Waals surface area contributed by atoms with Gasteiger partial charge in [-0.3, -0.25) is 0 Å². The Bertz CT molecular complexity index is 1090. The van der Waals surface area contributed by atoms with Gasteiger partial charge in [-0.15, -0.1) is 11.8 Å². The van der Waals surface area contributed by atoms with Crippen LogP contribution in [0.3, 0.4) is 0 Å². The van der Waals surface area contributed by atoms with Crippen LogP contribution >= 0.6 is 11.8 Å². The number of pyridine rings is 1. The average molecular weight is 490 g/mol. The first-order valence-corrected chi connectivity index (χ1v) is 14.1. The Balaban J connectivity index is 1.13. The van der Waals surface area contributed by atoms with Gasteiger partial charge >= 0.3 is 0 Å². The Labute approximate surface area is 212 Å². The van der Waals surface area contributed by atoms with Gasteiger partial charge in [0.25, 0.3) is 0 Å². The molecule has 0 aromatic carbocycles. The highest BCUT2D eigenvalue weighted by Crippen LogP contribution is 2.59. The van der Waals surface area contributed by atoms with Crippen LogP contribution in [0.25, 0.3) is 0 Å². The van der Waals surface area contributed by atoms with Gasteiger partial charge in [-0.2, -0.15) is 10.2 Å². The molecule has 4 bridgehead atoms. The number of rotatable bonds is 8. The predicted octanol–water partition coefficient (Wildman–Crippen LogP) is 4.96. The predicted molar refractivity (Wildman–Crippen MR) is 139 cm³/mol. The summed E-state index contributed by atoms with van der Waals surface area (Å²) in [6.07, 6.45) is 15.0. The van der Waals surface area contributed by atoms with Crippen molar-refractivity contribution in [1.29, 1.82) is 5.26 Å². The van der Waals surface area contributed by atoms with Gasteiger partial charge in [0.2, 0.25) is 5.95 Å². The lowest BCUT2D eigenvalue weighted by Crippen LogP contribution is -2.58. The van der Waals surface area contributed by atoms with Crippen LogP contribution in [0.4, 0.5) is 11.8 Å². The Morgan fingerprint density at radius 1 is 1.11 bits per heavy atom. The van der Waals surface area contributed by atoms with E-state index in [-0.39, 0.29) is 0 Å². The Morgan fingerprint density at radius 2 is 1.91 bits per heavy atom. The fraction of sp³-hybridized carbons (Fsp3) is 0.630. The van der Waals surface area contributed by atoms with E-state index in [2.05, 4.69) is 32.7 Å². The van der Waals surface area contributed by atoms with Gasteiger partial charge in [-0.05, 0) is 74.2 Å². The standard InChI is InChI=1S/C27H35N7S/c28-13-21-15-32-26(31-14-18-4-3-7-30-25(18)35-22-5-1-2-6-22)34-24(21)33-16-27-10-17-8-19(11-27)23(29)20(9-17)12-27/h3-4,7,15,17,19-20,22-23H,1-2,5-6,8-12,14,16,29H2,(H2,31,32,33,34)/t17?,19-,20+,23?,27?. The molecule has 0 saturated heterocycles. The molecular weight excluding hydrogens is 454 g/mol. The van der Waals surface area contributed by atoms with E-state index in [1.807, 2.05) is 24.0 Å². The van der Waals surface area contributed by atoms with Gasteiger partial charge in [0.05, 0.1) is 6.20 Å². The van der Waals surface area contributed by atoms with E-state index < -0.39 is 0 Å². The maximum Gasteiger partial charge on any atom is 0.224 e. The highest BCUT2D eigenvalue weighted by Gasteiger charge is 2.54. The molecule has 3 unspecified atom stereocenters. The van der Waals surface area contributed by atoms with Crippen molar-refractivity contribution >= 4 is 23.5 Å². The summed E-state index contributed by atoms with van der Waals surface area (Å²) < 4.78 is 0. The van der Waals surface area contributed by atoms with Crippen LogP contribution in [0.15, 0.2) is 29.6 Å². The first kappa shape index (κ1) is 23.1. The van der Waals surface area contributed by atoms with E-state index in [4.69, 9.17) is 10.7 Å². The third kappa shape index (κ3) is 4.73. The zero-order valence-electron chi connectivity index (χ0n) is 20.2. The van der Waals surface area contributed by atoms with Crippen LogP contribution in [0.5, 0.6) is 0 Å². The van der Waals surface area contributed by atoms with Gasteiger partial charge in [0, 0.05) is 36.1 Å². The maximum absolute atomic E-state index is 9.67.